The Morgan fingerprint density at radius 1 is 1.30 bits per heavy atom. The number of para-hydroxylation sites is 1. The predicted octanol–water partition coefficient (Wildman–Crippen LogP) is 3.65. The molecule has 2 aromatic heterocycles. The van der Waals surface area contributed by atoms with E-state index in [0.29, 0.717) is 23.7 Å². The van der Waals surface area contributed by atoms with E-state index in [1.807, 2.05) is 11.1 Å². The molecular weight excluding hydrogens is 378 g/mol. The number of hydrogen-bond acceptors (Lipinski definition) is 6. The van der Waals surface area contributed by atoms with Gasteiger partial charge in [-0.2, -0.15) is 0 Å². The molecule has 0 aliphatic carbocycles. The van der Waals surface area contributed by atoms with Crippen LogP contribution in [0.1, 0.15) is 36.1 Å². The summed E-state index contributed by atoms with van der Waals surface area (Å²) in [5, 5.41) is 0.483. The van der Waals surface area contributed by atoms with Gasteiger partial charge in [-0.25, -0.2) is 23.5 Å². The number of rotatable bonds is 3. The fourth-order valence-electron chi connectivity index (χ4n) is 3.00. The zero-order valence-electron chi connectivity index (χ0n) is 13.9. The zero-order valence-corrected chi connectivity index (χ0v) is 14.7. The van der Waals surface area contributed by atoms with Gasteiger partial charge in [0.1, 0.15) is 10.8 Å². The van der Waals surface area contributed by atoms with Gasteiger partial charge in [-0.3, -0.25) is 9.69 Å². The molecule has 10 heteroatoms. The molecule has 1 atom stereocenters. The lowest BCUT2D eigenvalue weighted by atomic mass is 10.2. The van der Waals surface area contributed by atoms with Gasteiger partial charge in [-0.1, -0.05) is 29.5 Å². The number of nitrogens with zero attached hydrogens (tertiary/aromatic N) is 3. The van der Waals surface area contributed by atoms with E-state index in [1.165, 1.54) is 4.90 Å². The molecule has 1 aliphatic rings. The molecule has 4 rings (SSSR count). The molecule has 1 fully saturated rings. The normalized spacial score (nSPS) is 17.0. The van der Waals surface area contributed by atoms with Gasteiger partial charge in [0.05, 0.1) is 6.04 Å². The molecule has 140 valence electrons. The molecule has 27 heavy (non-hydrogen) atoms. The number of carbonyl (C=O) groups excluding carboxylic acids is 1. The third-order valence-electron chi connectivity index (χ3n) is 4.23. The summed E-state index contributed by atoms with van der Waals surface area (Å²) >= 11 is 1.04. The maximum Gasteiger partial charge on any atom is 0.415 e. The first-order valence-corrected chi connectivity index (χ1v) is 9.07. The Hall–Kier alpha value is -2.88. The van der Waals surface area contributed by atoms with Crippen LogP contribution in [0.25, 0.3) is 10.3 Å². The minimum atomic E-state index is -2.88. The summed E-state index contributed by atoms with van der Waals surface area (Å²) in [6.45, 7) is 0.484. The van der Waals surface area contributed by atoms with Crippen molar-refractivity contribution in [1.29, 1.82) is 0 Å². The van der Waals surface area contributed by atoms with E-state index in [9.17, 15) is 18.4 Å². The molecular formula is C17H14F2N4O3S. The SMILES string of the molecule is O=C(Oc1ccccc1)N1CCC[C@@H]1c1nc2c(=O)[nH]c(C(F)F)nc2s1. The van der Waals surface area contributed by atoms with Crippen molar-refractivity contribution < 1.29 is 18.3 Å². The highest BCUT2D eigenvalue weighted by atomic mass is 32.1. The number of ether oxygens (including phenoxy) is 1. The van der Waals surface area contributed by atoms with E-state index in [4.69, 9.17) is 4.74 Å². The molecule has 3 heterocycles. The minimum Gasteiger partial charge on any atom is -0.410 e. The summed E-state index contributed by atoms with van der Waals surface area (Å²) in [7, 11) is 0. The van der Waals surface area contributed by atoms with Crippen LogP contribution in [-0.4, -0.2) is 32.5 Å². The number of alkyl halides is 2. The number of H-pyrrole nitrogens is 1. The molecule has 0 spiro atoms. The summed E-state index contributed by atoms with van der Waals surface area (Å²) in [6, 6.07) is 8.31. The molecule has 1 aromatic carbocycles. The molecule has 0 saturated carbocycles. The highest BCUT2D eigenvalue weighted by molar-refractivity contribution is 7.18. The van der Waals surface area contributed by atoms with Crippen molar-refractivity contribution in [2.45, 2.75) is 25.3 Å². The second kappa shape index (κ2) is 7.03. The second-order valence-corrected chi connectivity index (χ2v) is 7.00. The lowest BCUT2D eigenvalue weighted by molar-refractivity contribution is 0.140. The van der Waals surface area contributed by atoms with E-state index in [2.05, 4.69) is 9.97 Å². The fraction of sp³-hybridized carbons (Fsp3) is 0.294. The lowest BCUT2D eigenvalue weighted by Crippen LogP contribution is -2.33. The van der Waals surface area contributed by atoms with Crippen molar-refractivity contribution in [3.8, 4) is 5.75 Å². The summed E-state index contributed by atoms with van der Waals surface area (Å²) in [4.78, 5) is 36.3. The van der Waals surface area contributed by atoms with Crippen LogP contribution in [0.3, 0.4) is 0 Å². The van der Waals surface area contributed by atoms with E-state index < -0.39 is 23.9 Å². The molecule has 0 radical (unpaired) electrons. The third kappa shape index (κ3) is 3.39. The number of benzene rings is 1. The van der Waals surface area contributed by atoms with Crippen molar-refractivity contribution in [3.05, 3.63) is 51.5 Å². The van der Waals surface area contributed by atoms with Gasteiger partial charge in [0, 0.05) is 6.54 Å². The van der Waals surface area contributed by atoms with Crippen LogP contribution in [0.5, 0.6) is 5.75 Å². The average molecular weight is 392 g/mol. The first kappa shape index (κ1) is 17.5. The highest BCUT2D eigenvalue weighted by Gasteiger charge is 2.34. The Morgan fingerprint density at radius 3 is 2.81 bits per heavy atom. The molecule has 0 bridgehead atoms. The first-order chi connectivity index (χ1) is 13.0. The van der Waals surface area contributed by atoms with Crippen molar-refractivity contribution in [2.75, 3.05) is 6.54 Å². The summed E-state index contributed by atoms with van der Waals surface area (Å²) in [5.41, 5.74) is -0.711. The lowest BCUT2D eigenvalue weighted by Gasteiger charge is -2.22. The average Bonchev–Trinajstić information content (AvgIpc) is 3.29. The molecule has 0 unspecified atom stereocenters. The molecule has 1 amide bonds. The highest BCUT2D eigenvalue weighted by Crippen LogP contribution is 2.36. The van der Waals surface area contributed by atoms with Crippen molar-refractivity contribution >= 4 is 27.8 Å². The van der Waals surface area contributed by atoms with E-state index in [0.717, 1.165) is 17.8 Å². The Kier molecular flexibility index (Phi) is 4.56. The van der Waals surface area contributed by atoms with Crippen molar-refractivity contribution in [2.24, 2.45) is 0 Å². The second-order valence-electron chi connectivity index (χ2n) is 5.99. The van der Waals surface area contributed by atoms with Crippen molar-refractivity contribution in [3.63, 3.8) is 0 Å². The molecule has 1 aliphatic heterocycles. The third-order valence-corrected chi connectivity index (χ3v) is 5.28. The topological polar surface area (TPSA) is 88.2 Å². The summed E-state index contributed by atoms with van der Waals surface area (Å²) in [5.74, 6) is -0.258. The van der Waals surface area contributed by atoms with Gasteiger partial charge >= 0.3 is 6.09 Å². The van der Waals surface area contributed by atoms with Crippen LogP contribution in [0.15, 0.2) is 35.1 Å². The van der Waals surface area contributed by atoms with Crippen LogP contribution in [0.4, 0.5) is 13.6 Å². The summed E-state index contributed by atoms with van der Waals surface area (Å²) in [6.07, 6.45) is -2.01. The maximum absolute atomic E-state index is 12.8. The number of likely N-dealkylation sites (tertiary alicyclic amines) is 1. The minimum absolute atomic E-state index is 0.00248. The van der Waals surface area contributed by atoms with Crippen LogP contribution >= 0.6 is 11.3 Å². The van der Waals surface area contributed by atoms with E-state index in [-0.39, 0.29) is 16.4 Å². The van der Waals surface area contributed by atoms with E-state index >= 15 is 0 Å². The number of carbonyl (C=O) groups is 1. The Balaban J connectivity index is 1.62. The van der Waals surface area contributed by atoms with Crippen molar-refractivity contribution in [1.82, 2.24) is 19.9 Å². The van der Waals surface area contributed by atoms with Gasteiger partial charge in [-0.15, -0.1) is 0 Å². The van der Waals surface area contributed by atoms with Crippen LogP contribution in [0.2, 0.25) is 0 Å². The number of thiazole rings is 1. The number of nitrogens with one attached hydrogen (secondary N) is 1. The quantitative estimate of drug-likeness (QED) is 0.735. The van der Waals surface area contributed by atoms with Gasteiger partial charge in [0.15, 0.2) is 16.2 Å². The van der Waals surface area contributed by atoms with Crippen LogP contribution in [0, 0.1) is 0 Å². The number of amides is 1. The van der Waals surface area contributed by atoms with Gasteiger partial charge in [0.2, 0.25) is 0 Å². The van der Waals surface area contributed by atoms with Gasteiger partial charge < -0.3 is 9.72 Å². The first-order valence-electron chi connectivity index (χ1n) is 8.25. The Morgan fingerprint density at radius 2 is 2.07 bits per heavy atom. The molecule has 3 aromatic rings. The Labute approximate surface area is 155 Å². The fourth-order valence-corrected chi connectivity index (χ4v) is 4.10. The number of aromatic amines is 1. The number of halogens is 2. The molecule has 7 nitrogen and oxygen atoms in total. The molecule has 1 N–H and O–H groups in total. The number of aromatic nitrogens is 3. The number of hydrogen-bond donors (Lipinski definition) is 1. The zero-order chi connectivity index (χ0) is 19.0. The monoisotopic (exact) mass is 392 g/mol. The largest absolute Gasteiger partial charge is 0.415 e. The van der Waals surface area contributed by atoms with E-state index in [1.54, 1.807) is 24.3 Å². The van der Waals surface area contributed by atoms with Crippen LogP contribution in [-0.2, 0) is 0 Å². The van der Waals surface area contributed by atoms with Gasteiger partial charge in [-0.05, 0) is 25.0 Å². The Bertz CT molecular complexity index is 1040. The predicted molar refractivity (Wildman–Crippen MR) is 94.1 cm³/mol. The number of fused-ring (bicyclic) bond motifs is 1. The maximum atomic E-state index is 12.8. The summed E-state index contributed by atoms with van der Waals surface area (Å²) < 4.78 is 31.1. The van der Waals surface area contributed by atoms with Gasteiger partial charge in [0.25, 0.3) is 12.0 Å². The smallest absolute Gasteiger partial charge is 0.410 e. The van der Waals surface area contributed by atoms with Crippen LogP contribution < -0.4 is 10.3 Å². The molecule has 1 saturated heterocycles. The standard InChI is InChI=1S/C17H14F2N4O3S/c18-12(19)13-21-14(24)11-16(22-13)27-15(20-11)10-7-4-8-23(10)17(25)26-9-5-2-1-3-6-9/h1-3,5-6,10,12H,4,7-8H2,(H,21,22,24)/t10-/m1/s1.